The van der Waals surface area contributed by atoms with Gasteiger partial charge in [0.05, 0.1) is 11.7 Å². The second-order valence-electron chi connectivity index (χ2n) is 7.63. The van der Waals surface area contributed by atoms with Crippen LogP contribution in [0.15, 0.2) is 18.2 Å². The Morgan fingerprint density at radius 1 is 1.30 bits per heavy atom. The smallest absolute Gasteiger partial charge is 0.226 e. The first kappa shape index (κ1) is 19.1. The zero-order valence-corrected chi connectivity index (χ0v) is 17.0. The number of nitrogens with one attached hydrogen (secondary N) is 1. The van der Waals surface area contributed by atoms with Crippen LogP contribution < -0.4 is 10.2 Å². The molecule has 6 nitrogen and oxygen atoms in total. The minimum absolute atomic E-state index is 0.0138. The summed E-state index contributed by atoms with van der Waals surface area (Å²) in [5.74, 6) is 0.00849. The molecule has 0 fully saturated rings. The predicted molar refractivity (Wildman–Crippen MR) is 107 cm³/mol. The average molecular weight is 368 g/mol. The summed E-state index contributed by atoms with van der Waals surface area (Å²) in [5, 5.41) is 7.54. The van der Waals surface area contributed by atoms with Crippen molar-refractivity contribution in [3.8, 4) is 0 Å². The normalized spacial score (nSPS) is 17.0. The Morgan fingerprint density at radius 2 is 2.00 bits per heavy atom. The van der Waals surface area contributed by atoms with Crippen LogP contribution >= 0.6 is 0 Å². The second-order valence-corrected chi connectivity index (χ2v) is 7.63. The number of benzene rings is 1. The van der Waals surface area contributed by atoms with Gasteiger partial charge in [0.15, 0.2) is 0 Å². The van der Waals surface area contributed by atoms with Crippen molar-refractivity contribution >= 4 is 23.2 Å². The van der Waals surface area contributed by atoms with E-state index in [1.54, 1.807) is 6.92 Å². The largest absolute Gasteiger partial charge is 0.326 e. The molecule has 0 saturated carbocycles. The molecule has 3 rings (SSSR count). The highest BCUT2D eigenvalue weighted by Crippen LogP contribution is 2.34. The van der Waals surface area contributed by atoms with E-state index in [0.717, 1.165) is 34.7 Å². The Morgan fingerprint density at radius 3 is 2.59 bits per heavy atom. The maximum Gasteiger partial charge on any atom is 0.226 e. The van der Waals surface area contributed by atoms with Crippen molar-refractivity contribution in [2.75, 3.05) is 10.2 Å². The Hall–Kier alpha value is -2.63. The predicted octanol–water partition coefficient (Wildman–Crippen LogP) is 3.70. The lowest BCUT2D eigenvalue weighted by atomic mass is 10.1. The molecular formula is C21H28N4O2. The molecular weight excluding hydrogens is 340 g/mol. The van der Waals surface area contributed by atoms with Gasteiger partial charge in [0.1, 0.15) is 0 Å². The molecule has 1 N–H and O–H groups in total. The monoisotopic (exact) mass is 368 g/mol. The number of fused-ring (bicyclic) bond motifs is 1. The van der Waals surface area contributed by atoms with Crippen LogP contribution in [0.1, 0.15) is 55.7 Å². The number of carbonyl (C=O) groups excluding carboxylic acids is 2. The number of anilines is 2. The van der Waals surface area contributed by atoms with Gasteiger partial charge in [0, 0.05) is 36.5 Å². The first-order chi connectivity index (χ1) is 12.7. The van der Waals surface area contributed by atoms with E-state index >= 15 is 0 Å². The molecule has 1 aliphatic rings. The summed E-state index contributed by atoms with van der Waals surface area (Å²) in [6, 6.07) is 5.90. The number of hydrogen-bond acceptors (Lipinski definition) is 3. The minimum atomic E-state index is -0.0397. The molecule has 0 radical (unpaired) electrons. The minimum Gasteiger partial charge on any atom is -0.326 e. The number of aromatic nitrogens is 2. The van der Waals surface area contributed by atoms with E-state index in [1.165, 1.54) is 5.56 Å². The SMILES string of the molecule is CC(=O)N1c2ccc(NC(=O)CC(C)n3nc(C)c(C)c3C)cc2CC1C. The van der Waals surface area contributed by atoms with Crippen LogP contribution in [-0.2, 0) is 16.0 Å². The highest BCUT2D eigenvalue weighted by atomic mass is 16.2. The van der Waals surface area contributed by atoms with Gasteiger partial charge >= 0.3 is 0 Å². The second kappa shape index (κ2) is 7.18. The first-order valence-electron chi connectivity index (χ1n) is 9.44. The zero-order valence-electron chi connectivity index (χ0n) is 17.0. The maximum atomic E-state index is 12.5. The third-order valence-electron chi connectivity index (χ3n) is 5.50. The number of hydrogen-bond donors (Lipinski definition) is 1. The molecule has 1 aromatic carbocycles. The highest BCUT2D eigenvalue weighted by Gasteiger charge is 2.29. The fraction of sp³-hybridized carbons (Fsp3) is 0.476. The highest BCUT2D eigenvalue weighted by molar-refractivity contribution is 5.96. The van der Waals surface area contributed by atoms with Crippen LogP contribution in [0.25, 0.3) is 0 Å². The molecule has 2 heterocycles. The molecule has 1 aliphatic heterocycles. The van der Waals surface area contributed by atoms with Gasteiger partial charge in [0.25, 0.3) is 0 Å². The van der Waals surface area contributed by atoms with Crippen LogP contribution in [0.5, 0.6) is 0 Å². The van der Waals surface area contributed by atoms with E-state index in [9.17, 15) is 9.59 Å². The van der Waals surface area contributed by atoms with Crippen molar-refractivity contribution < 1.29 is 9.59 Å². The number of rotatable bonds is 4. The Bertz CT molecular complexity index is 900. The van der Waals surface area contributed by atoms with Crippen molar-refractivity contribution in [3.63, 3.8) is 0 Å². The van der Waals surface area contributed by atoms with Gasteiger partial charge in [-0.2, -0.15) is 5.10 Å². The standard InChI is InChI=1S/C21H28N4O2/c1-12-9-18-11-19(7-8-20(18)24(12)17(6)26)22-21(27)10-13(2)25-16(5)14(3)15(4)23-25/h7-8,11-13H,9-10H2,1-6H3,(H,22,27). The fourth-order valence-corrected chi connectivity index (χ4v) is 3.93. The molecule has 2 atom stereocenters. The van der Waals surface area contributed by atoms with Crippen LogP contribution in [-0.4, -0.2) is 27.6 Å². The zero-order chi connectivity index (χ0) is 19.9. The van der Waals surface area contributed by atoms with Gasteiger partial charge in [-0.05, 0) is 70.4 Å². The number of amides is 2. The molecule has 2 amide bonds. The molecule has 2 aromatic rings. The third kappa shape index (κ3) is 3.61. The molecule has 6 heteroatoms. The van der Waals surface area contributed by atoms with Crippen molar-refractivity contribution in [3.05, 3.63) is 40.7 Å². The van der Waals surface area contributed by atoms with E-state index in [0.29, 0.717) is 6.42 Å². The van der Waals surface area contributed by atoms with E-state index in [2.05, 4.69) is 17.3 Å². The molecule has 2 unspecified atom stereocenters. The van der Waals surface area contributed by atoms with E-state index in [1.807, 2.05) is 55.5 Å². The molecule has 27 heavy (non-hydrogen) atoms. The lowest BCUT2D eigenvalue weighted by molar-refractivity contribution is -0.117. The quantitative estimate of drug-likeness (QED) is 0.895. The Kier molecular flexibility index (Phi) is 5.09. The van der Waals surface area contributed by atoms with Crippen molar-refractivity contribution in [1.82, 2.24) is 9.78 Å². The summed E-state index contributed by atoms with van der Waals surface area (Å²) < 4.78 is 1.93. The van der Waals surface area contributed by atoms with Gasteiger partial charge in [-0.1, -0.05) is 0 Å². The Balaban J connectivity index is 1.69. The first-order valence-corrected chi connectivity index (χ1v) is 9.44. The van der Waals surface area contributed by atoms with E-state index in [4.69, 9.17) is 0 Å². The fourth-order valence-electron chi connectivity index (χ4n) is 3.93. The van der Waals surface area contributed by atoms with Crippen molar-refractivity contribution in [2.24, 2.45) is 0 Å². The molecule has 0 spiro atoms. The number of carbonyl (C=O) groups is 2. The van der Waals surface area contributed by atoms with Crippen LogP contribution in [0.4, 0.5) is 11.4 Å². The van der Waals surface area contributed by atoms with Gasteiger partial charge < -0.3 is 10.2 Å². The van der Waals surface area contributed by atoms with E-state index < -0.39 is 0 Å². The third-order valence-corrected chi connectivity index (χ3v) is 5.50. The summed E-state index contributed by atoms with van der Waals surface area (Å²) in [6.07, 6.45) is 1.16. The molecule has 144 valence electrons. The van der Waals surface area contributed by atoms with Crippen LogP contribution in [0.2, 0.25) is 0 Å². The summed E-state index contributed by atoms with van der Waals surface area (Å²) in [4.78, 5) is 26.2. The summed E-state index contributed by atoms with van der Waals surface area (Å²) in [5.41, 5.74) is 6.08. The topological polar surface area (TPSA) is 67.2 Å². The average Bonchev–Trinajstić information content (AvgIpc) is 3.04. The van der Waals surface area contributed by atoms with Gasteiger partial charge in [-0.25, -0.2) is 0 Å². The molecule has 1 aromatic heterocycles. The Labute approximate surface area is 160 Å². The van der Waals surface area contributed by atoms with Crippen molar-refractivity contribution in [2.45, 2.75) is 66.5 Å². The molecule has 0 bridgehead atoms. The number of nitrogens with zero attached hydrogens (tertiary/aromatic N) is 3. The molecule has 0 saturated heterocycles. The van der Waals surface area contributed by atoms with E-state index in [-0.39, 0.29) is 23.9 Å². The van der Waals surface area contributed by atoms with Crippen LogP contribution in [0.3, 0.4) is 0 Å². The summed E-state index contributed by atoms with van der Waals surface area (Å²) >= 11 is 0. The van der Waals surface area contributed by atoms with Crippen molar-refractivity contribution in [1.29, 1.82) is 0 Å². The summed E-state index contributed by atoms with van der Waals surface area (Å²) in [6.45, 7) is 11.7. The van der Waals surface area contributed by atoms with Crippen LogP contribution in [0, 0.1) is 20.8 Å². The maximum absolute atomic E-state index is 12.5. The summed E-state index contributed by atoms with van der Waals surface area (Å²) in [7, 11) is 0. The molecule has 0 aliphatic carbocycles. The van der Waals surface area contributed by atoms with Gasteiger partial charge in [-0.3, -0.25) is 14.3 Å². The lowest BCUT2D eigenvalue weighted by Crippen LogP contribution is -2.33. The number of aryl methyl sites for hydroxylation is 1. The lowest BCUT2D eigenvalue weighted by Gasteiger charge is -2.20. The van der Waals surface area contributed by atoms with Gasteiger partial charge in [0.2, 0.25) is 11.8 Å². The van der Waals surface area contributed by atoms with Gasteiger partial charge in [-0.15, -0.1) is 0 Å².